The molecule has 3 aromatic rings. The Morgan fingerprint density at radius 3 is 2.62 bits per heavy atom. The van der Waals surface area contributed by atoms with E-state index in [1.165, 1.54) is 6.07 Å². The smallest absolute Gasteiger partial charge is 0.411 e. The lowest BCUT2D eigenvalue weighted by atomic mass is 9.95. The fraction of sp³-hybridized carbons (Fsp3) is 0.333. The molecule has 0 bridgehead atoms. The van der Waals surface area contributed by atoms with Crippen molar-refractivity contribution in [2.45, 2.75) is 32.2 Å². The van der Waals surface area contributed by atoms with E-state index in [-0.39, 0.29) is 41.5 Å². The van der Waals surface area contributed by atoms with Gasteiger partial charge >= 0.3 is 6.09 Å². The number of hydrogen-bond acceptors (Lipinski definition) is 7. The summed E-state index contributed by atoms with van der Waals surface area (Å²) in [5.41, 5.74) is 15.3. The van der Waals surface area contributed by atoms with Gasteiger partial charge in [0, 0.05) is 16.8 Å². The molecule has 0 spiro atoms. The Kier molecular flexibility index (Phi) is 6.40. The zero-order chi connectivity index (χ0) is 22.7. The minimum Gasteiger partial charge on any atom is -0.448 e. The maximum atomic E-state index is 14.2. The zero-order valence-electron chi connectivity index (χ0n) is 17.3. The van der Waals surface area contributed by atoms with E-state index in [1.54, 1.807) is 22.9 Å². The summed E-state index contributed by atoms with van der Waals surface area (Å²) in [6.45, 7) is 0.337. The molecule has 0 saturated heterocycles. The molecule has 2 heterocycles. The maximum Gasteiger partial charge on any atom is 0.411 e. The van der Waals surface area contributed by atoms with Crippen LogP contribution in [0.15, 0.2) is 24.3 Å². The number of amides is 1. The minimum absolute atomic E-state index is 0.0106. The summed E-state index contributed by atoms with van der Waals surface area (Å²) >= 11 is 5.51. The highest BCUT2D eigenvalue weighted by molar-refractivity contribution is 6.18. The van der Waals surface area contributed by atoms with E-state index in [2.05, 4.69) is 15.3 Å². The van der Waals surface area contributed by atoms with E-state index >= 15 is 0 Å². The fourth-order valence-corrected chi connectivity index (χ4v) is 3.85. The van der Waals surface area contributed by atoms with Gasteiger partial charge in [0.1, 0.15) is 23.8 Å². The van der Waals surface area contributed by atoms with E-state index in [9.17, 15) is 9.18 Å². The van der Waals surface area contributed by atoms with Crippen molar-refractivity contribution in [3.05, 3.63) is 46.9 Å². The predicted molar refractivity (Wildman–Crippen MR) is 120 cm³/mol. The van der Waals surface area contributed by atoms with Gasteiger partial charge in [0.05, 0.1) is 12.4 Å². The van der Waals surface area contributed by atoms with Crippen LogP contribution in [-0.2, 0) is 24.1 Å². The minimum atomic E-state index is -0.757. The molecule has 1 aliphatic carbocycles. The molecule has 32 heavy (non-hydrogen) atoms. The number of fused-ring (bicyclic) bond motifs is 1. The van der Waals surface area contributed by atoms with E-state index in [1.807, 2.05) is 0 Å². The summed E-state index contributed by atoms with van der Waals surface area (Å²) in [7, 11) is 0. The summed E-state index contributed by atoms with van der Waals surface area (Å²) in [6.07, 6.45) is 2.90. The van der Waals surface area contributed by atoms with Crippen LogP contribution in [0.25, 0.3) is 11.5 Å². The van der Waals surface area contributed by atoms with Crippen LogP contribution in [0.1, 0.15) is 29.7 Å². The number of anilines is 3. The number of nitrogen functional groups attached to an aromatic ring is 2. The highest BCUT2D eigenvalue weighted by Crippen LogP contribution is 2.33. The van der Waals surface area contributed by atoms with Crippen molar-refractivity contribution < 1.29 is 13.9 Å². The van der Waals surface area contributed by atoms with Crippen LogP contribution in [-0.4, -0.2) is 38.3 Å². The molecule has 168 valence electrons. The highest BCUT2D eigenvalue weighted by Gasteiger charge is 2.25. The van der Waals surface area contributed by atoms with Crippen LogP contribution in [0.4, 0.5) is 26.5 Å². The first-order valence-electron chi connectivity index (χ1n) is 10.2. The standard InChI is InChI=1S/C21H23ClFN7O2/c22-9-10-32-21(31)26-17-18(24)27-20(28-19(17)25)16-13-6-2-4-8-15(13)30(29-16)11-12-5-1-3-7-14(12)23/h1,3,5,7H,2,4,6,8-11H2,(H,26,31)(H4,24,25,27,28). The number of carbonyl (C=O) groups excluding carboxylic acids is 1. The Hall–Kier alpha value is -3.40. The van der Waals surface area contributed by atoms with Gasteiger partial charge in [-0.05, 0) is 31.7 Å². The number of nitrogens with one attached hydrogen (secondary N) is 1. The Morgan fingerprint density at radius 2 is 1.91 bits per heavy atom. The molecule has 0 atom stereocenters. The zero-order valence-corrected chi connectivity index (χ0v) is 18.0. The lowest BCUT2D eigenvalue weighted by molar-refractivity contribution is 0.168. The van der Waals surface area contributed by atoms with Crippen molar-refractivity contribution in [3.8, 4) is 11.5 Å². The number of benzene rings is 1. The van der Waals surface area contributed by atoms with E-state index in [4.69, 9.17) is 32.9 Å². The summed E-state index contributed by atoms with van der Waals surface area (Å²) in [5, 5.41) is 7.14. The molecule has 9 nitrogen and oxygen atoms in total. The summed E-state index contributed by atoms with van der Waals surface area (Å²) in [4.78, 5) is 20.5. The SMILES string of the molecule is Nc1nc(-c2nn(Cc3ccccc3F)c3c2CCCC3)nc(N)c1NC(=O)OCCCl. The molecule has 0 saturated carbocycles. The molecule has 0 fully saturated rings. The quantitative estimate of drug-likeness (QED) is 0.481. The van der Waals surface area contributed by atoms with Gasteiger partial charge in [-0.1, -0.05) is 18.2 Å². The Bertz CT molecular complexity index is 1130. The van der Waals surface area contributed by atoms with Crippen LogP contribution in [0.3, 0.4) is 0 Å². The average Bonchev–Trinajstić information content (AvgIpc) is 3.15. The van der Waals surface area contributed by atoms with Crippen molar-refractivity contribution in [1.29, 1.82) is 0 Å². The third-order valence-electron chi connectivity index (χ3n) is 5.25. The second kappa shape index (κ2) is 9.39. The molecule has 0 unspecified atom stereocenters. The van der Waals surface area contributed by atoms with Crippen molar-refractivity contribution in [2.24, 2.45) is 0 Å². The molecule has 1 aromatic carbocycles. The lowest BCUT2D eigenvalue weighted by Crippen LogP contribution is -2.18. The number of halogens is 2. The normalized spacial score (nSPS) is 12.9. The molecule has 1 amide bonds. The van der Waals surface area contributed by atoms with Gasteiger partial charge < -0.3 is 16.2 Å². The molecular weight excluding hydrogens is 437 g/mol. The third kappa shape index (κ3) is 4.45. The average molecular weight is 460 g/mol. The van der Waals surface area contributed by atoms with Crippen LogP contribution >= 0.6 is 11.6 Å². The third-order valence-corrected chi connectivity index (χ3v) is 5.40. The Labute approximate surface area is 188 Å². The first-order chi connectivity index (χ1) is 15.5. The molecule has 5 N–H and O–H groups in total. The molecule has 11 heteroatoms. The number of rotatable bonds is 6. The molecule has 0 radical (unpaired) electrons. The summed E-state index contributed by atoms with van der Waals surface area (Å²) in [5.74, 6) is 0.113. The maximum absolute atomic E-state index is 14.2. The monoisotopic (exact) mass is 459 g/mol. The number of hydrogen-bond donors (Lipinski definition) is 3. The van der Waals surface area contributed by atoms with Gasteiger partial charge in [-0.2, -0.15) is 5.10 Å². The second-order valence-electron chi connectivity index (χ2n) is 7.37. The van der Waals surface area contributed by atoms with Crippen LogP contribution in [0.5, 0.6) is 0 Å². The van der Waals surface area contributed by atoms with Crippen LogP contribution in [0.2, 0.25) is 0 Å². The largest absolute Gasteiger partial charge is 0.448 e. The predicted octanol–water partition coefficient (Wildman–Crippen LogP) is 3.36. The van der Waals surface area contributed by atoms with Gasteiger partial charge in [0.15, 0.2) is 17.5 Å². The Balaban J connectivity index is 1.68. The highest BCUT2D eigenvalue weighted by atomic mass is 35.5. The molecule has 1 aliphatic rings. The molecule has 2 aromatic heterocycles. The number of nitrogens with zero attached hydrogens (tertiary/aromatic N) is 4. The molecule has 4 rings (SSSR count). The first-order valence-corrected chi connectivity index (χ1v) is 10.8. The van der Waals surface area contributed by atoms with Crippen molar-refractivity contribution in [1.82, 2.24) is 19.7 Å². The summed E-state index contributed by atoms with van der Waals surface area (Å²) in [6, 6.07) is 6.62. The summed E-state index contributed by atoms with van der Waals surface area (Å²) < 4.78 is 20.9. The van der Waals surface area contributed by atoms with Crippen LogP contribution < -0.4 is 16.8 Å². The van der Waals surface area contributed by atoms with E-state index in [0.29, 0.717) is 17.8 Å². The molecule has 0 aliphatic heterocycles. The van der Waals surface area contributed by atoms with Crippen molar-refractivity contribution in [2.75, 3.05) is 29.3 Å². The number of alkyl halides is 1. The van der Waals surface area contributed by atoms with Crippen LogP contribution in [0, 0.1) is 5.82 Å². The van der Waals surface area contributed by atoms with E-state index in [0.717, 1.165) is 36.9 Å². The first kappa shape index (κ1) is 21.8. The topological polar surface area (TPSA) is 134 Å². The number of nitrogens with two attached hydrogens (primary N) is 2. The van der Waals surface area contributed by atoms with Crippen molar-refractivity contribution >= 4 is 35.0 Å². The Morgan fingerprint density at radius 1 is 1.19 bits per heavy atom. The molecular formula is C21H23ClFN7O2. The second-order valence-corrected chi connectivity index (χ2v) is 7.75. The lowest BCUT2D eigenvalue weighted by Gasteiger charge is -2.15. The van der Waals surface area contributed by atoms with Crippen molar-refractivity contribution in [3.63, 3.8) is 0 Å². The van der Waals surface area contributed by atoms with Gasteiger partial charge in [-0.3, -0.25) is 10.00 Å². The van der Waals surface area contributed by atoms with Gasteiger partial charge in [0.25, 0.3) is 0 Å². The van der Waals surface area contributed by atoms with Gasteiger partial charge in [0.2, 0.25) is 0 Å². The number of carbonyl (C=O) groups is 1. The van der Waals surface area contributed by atoms with E-state index < -0.39 is 6.09 Å². The fourth-order valence-electron chi connectivity index (χ4n) is 3.77. The number of ether oxygens (including phenoxy) is 1. The number of aromatic nitrogens is 4. The van der Waals surface area contributed by atoms with Gasteiger partial charge in [-0.25, -0.2) is 19.2 Å². The van der Waals surface area contributed by atoms with Gasteiger partial charge in [-0.15, -0.1) is 11.6 Å².